The molecule has 15 heavy (non-hydrogen) atoms. The molecular weight excluding hydrogens is 186 g/mol. The Hall–Kier alpha value is -1.37. The zero-order valence-corrected chi connectivity index (χ0v) is 9.27. The van der Waals surface area contributed by atoms with Crippen molar-refractivity contribution < 1.29 is 0 Å². The first-order chi connectivity index (χ1) is 7.17. The summed E-state index contributed by atoms with van der Waals surface area (Å²) < 4.78 is 0. The monoisotopic (exact) mass is 203 g/mol. The van der Waals surface area contributed by atoms with E-state index in [0.29, 0.717) is 18.2 Å². The van der Waals surface area contributed by atoms with Crippen molar-refractivity contribution in [1.82, 2.24) is 4.90 Å². The van der Waals surface area contributed by atoms with Gasteiger partial charge >= 0.3 is 0 Å². The van der Waals surface area contributed by atoms with Crippen molar-refractivity contribution in [3.05, 3.63) is 35.4 Å². The van der Waals surface area contributed by atoms with E-state index < -0.39 is 0 Å². The molecule has 0 heterocycles. The Morgan fingerprint density at radius 2 is 2.00 bits per heavy atom. The van der Waals surface area contributed by atoms with Crippen LogP contribution in [0.15, 0.2) is 24.3 Å². The smallest absolute Gasteiger partial charge is 0.0991 e. The maximum absolute atomic E-state index is 8.66. The van der Waals surface area contributed by atoms with Gasteiger partial charge in [-0.1, -0.05) is 12.1 Å². The average molecular weight is 203 g/mol. The summed E-state index contributed by atoms with van der Waals surface area (Å²) in [6, 6.07) is 10.1. The average Bonchev–Trinajstić information content (AvgIpc) is 2.29. The van der Waals surface area contributed by atoms with E-state index in [9.17, 15) is 0 Å². The van der Waals surface area contributed by atoms with Gasteiger partial charge in [0.15, 0.2) is 0 Å². The van der Waals surface area contributed by atoms with Gasteiger partial charge in [-0.05, 0) is 31.7 Å². The third kappa shape index (κ3) is 3.35. The molecule has 2 N–H and O–H groups in total. The highest BCUT2D eigenvalue weighted by Crippen LogP contribution is 2.07. The first-order valence-corrected chi connectivity index (χ1v) is 5.06. The van der Waals surface area contributed by atoms with Crippen LogP contribution in [0.4, 0.5) is 0 Å². The molecule has 0 aromatic heterocycles. The Bertz CT molecular complexity index is 337. The number of likely N-dealkylation sites (N-methyl/N-ethyl adjacent to an activating group) is 1. The minimum Gasteiger partial charge on any atom is -0.329 e. The van der Waals surface area contributed by atoms with Crippen LogP contribution < -0.4 is 5.73 Å². The first-order valence-electron chi connectivity index (χ1n) is 5.06. The van der Waals surface area contributed by atoms with E-state index in [2.05, 4.69) is 24.9 Å². The lowest BCUT2D eigenvalue weighted by Crippen LogP contribution is -2.34. The van der Waals surface area contributed by atoms with Gasteiger partial charge in [-0.25, -0.2) is 0 Å². The molecule has 3 heteroatoms. The number of benzene rings is 1. The van der Waals surface area contributed by atoms with E-state index in [-0.39, 0.29) is 0 Å². The van der Waals surface area contributed by atoms with Crippen molar-refractivity contribution in [1.29, 1.82) is 5.26 Å². The fourth-order valence-electron chi connectivity index (χ4n) is 1.31. The van der Waals surface area contributed by atoms with E-state index >= 15 is 0 Å². The van der Waals surface area contributed by atoms with Gasteiger partial charge in [0.25, 0.3) is 0 Å². The largest absolute Gasteiger partial charge is 0.329 e. The van der Waals surface area contributed by atoms with E-state index in [4.69, 9.17) is 11.0 Å². The summed E-state index contributed by atoms with van der Waals surface area (Å²) in [7, 11) is 2.05. The highest BCUT2D eigenvalue weighted by Gasteiger charge is 2.06. The van der Waals surface area contributed by atoms with Gasteiger partial charge in [0.05, 0.1) is 11.6 Å². The summed E-state index contributed by atoms with van der Waals surface area (Å²) in [5.74, 6) is 0. The summed E-state index contributed by atoms with van der Waals surface area (Å²) in [6.07, 6.45) is 0. The Morgan fingerprint density at radius 3 is 2.47 bits per heavy atom. The van der Waals surface area contributed by atoms with Gasteiger partial charge in [0.2, 0.25) is 0 Å². The lowest BCUT2D eigenvalue weighted by atomic mass is 10.1. The van der Waals surface area contributed by atoms with Crippen LogP contribution in [0.2, 0.25) is 0 Å². The fraction of sp³-hybridized carbons (Fsp3) is 0.417. The standard InChI is InChI=1S/C12H17N3/c1-10(7-13)15(2)9-12-5-3-11(8-14)4-6-12/h3-6,10H,7,9,13H2,1-2H3. The van der Waals surface area contributed by atoms with Gasteiger partial charge in [-0.15, -0.1) is 0 Å². The Morgan fingerprint density at radius 1 is 1.40 bits per heavy atom. The minimum atomic E-state index is 0.376. The predicted molar refractivity (Wildman–Crippen MR) is 61.1 cm³/mol. The number of nitriles is 1. The van der Waals surface area contributed by atoms with Crippen molar-refractivity contribution in [3.63, 3.8) is 0 Å². The predicted octanol–water partition coefficient (Wildman–Crippen LogP) is 1.34. The van der Waals surface area contributed by atoms with Crippen LogP contribution in [0.1, 0.15) is 18.1 Å². The Kier molecular flexibility index (Phi) is 4.29. The van der Waals surface area contributed by atoms with Crippen LogP contribution in [-0.4, -0.2) is 24.5 Å². The molecule has 0 spiro atoms. The molecule has 0 aliphatic carbocycles. The molecule has 0 saturated heterocycles. The molecule has 0 bridgehead atoms. The molecule has 0 amide bonds. The molecule has 3 nitrogen and oxygen atoms in total. The SMILES string of the molecule is CC(CN)N(C)Cc1ccc(C#N)cc1. The number of rotatable bonds is 4. The molecule has 1 aromatic carbocycles. The molecular formula is C12H17N3. The molecule has 80 valence electrons. The third-order valence-electron chi connectivity index (χ3n) is 2.61. The van der Waals surface area contributed by atoms with Crippen molar-refractivity contribution in [2.75, 3.05) is 13.6 Å². The highest BCUT2D eigenvalue weighted by molar-refractivity contribution is 5.31. The molecule has 0 aliphatic heterocycles. The minimum absolute atomic E-state index is 0.376. The molecule has 1 rings (SSSR count). The molecule has 1 atom stereocenters. The van der Waals surface area contributed by atoms with Crippen molar-refractivity contribution in [3.8, 4) is 6.07 Å². The number of hydrogen-bond acceptors (Lipinski definition) is 3. The molecule has 0 aliphatic rings. The Balaban J connectivity index is 2.61. The summed E-state index contributed by atoms with van der Waals surface area (Å²) in [6.45, 7) is 3.63. The topological polar surface area (TPSA) is 53.0 Å². The zero-order chi connectivity index (χ0) is 11.3. The van der Waals surface area contributed by atoms with Crippen LogP contribution in [-0.2, 0) is 6.54 Å². The molecule has 0 saturated carbocycles. The summed E-state index contributed by atoms with van der Waals surface area (Å²) in [5, 5.41) is 8.66. The lowest BCUT2D eigenvalue weighted by Gasteiger charge is -2.23. The summed E-state index contributed by atoms with van der Waals surface area (Å²) >= 11 is 0. The highest BCUT2D eigenvalue weighted by atomic mass is 15.1. The quantitative estimate of drug-likeness (QED) is 0.803. The molecule has 1 aromatic rings. The normalized spacial score (nSPS) is 12.5. The van der Waals surface area contributed by atoms with Crippen LogP contribution in [0.3, 0.4) is 0 Å². The summed E-state index contributed by atoms with van der Waals surface area (Å²) in [5.41, 5.74) is 7.49. The van der Waals surface area contributed by atoms with E-state index in [0.717, 1.165) is 6.54 Å². The van der Waals surface area contributed by atoms with Crippen LogP contribution >= 0.6 is 0 Å². The third-order valence-corrected chi connectivity index (χ3v) is 2.61. The maximum Gasteiger partial charge on any atom is 0.0991 e. The van der Waals surface area contributed by atoms with Gasteiger partial charge in [-0.2, -0.15) is 5.26 Å². The van der Waals surface area contributed by atoms with Crippen molar-refractivity contribution >= 4 is 0 Å². The van der Waals surface area contributed by atoms with Gasteiger partial charge in [-0.3, -0.25) is 4.90 Å². The second kappa shape index (κ2) is 5.50. The van der Waals surface area contributed by atoms with Gasteiger partial charge < -0.3 is 5.73 Å². The summed E-state index contributed by atoms with van der Waals surface area (Å²) in [4.78, 5) is 2.20. The zero-order valence-electron chi connectivity index (χ0n) is 9.27. The van der Waals surface area contributed by atoms with Gasteiger partial charge in [0.1, 0.15) is 0 Å². The Labute approximate surface area is 91.1 Å². The van der Waals surface area contributed by atoms with Crippen LogP contribution in [0, 0.1) is 11.3 Å². The van der Waals surface area contributed by atoms with E-state index in [1.54, 1.807) is 0 Å². The second-order valence-electron chi connectivity index (χ2n) is 3.81. The number of nitrogens with two attached hydrogens (primary N) is 1. The molecule has 1 unspecified atom stereocenters. The molecule has 0 fully saturated rings. The van der Waals surface area contributed by atoms with Crippen LogP contribution in [0.25, 0.3) is 0 Å². The van der Waals surface area contributed by atoms with Crippen molar-refractivity contribution in [2.45, 2.75) is 19.5 Å². The van der Waals surface area contributed by atoms with E-state index in [1.165, 1.54) is 5.56 Å². The maximum atomic E-state index is 8.66. The number of nitrogens with zero attached hydrogens (tertiary/aromatic N) is 2. The fourth-order valence-corrected chi connectivity index (χ4v) is 1.31. The molecule has 0 radical (unpaired) electrons. The second-order valence-corrected chi connectivity index (χ2v) is 3.81. The van der Waals surface area contributed by atoms with Crippen molar-refractivity contribution in [2.24, 2.45) is 5.73 Å². The lowest BCUT2D eigenvalue weighted by molar-refractivity contribution is 0.255. The van der Waals surface area contributed by atoms with Crippen LogP contribution in [0.5, 0.6) is 0 Å². The number of hydrogen-bond donors (Lipinski definition) is 1. The van der Waals surface area contributed by atoms with Gasteiger partial charge in [0, 0.05) is 19.1 Å². The first kappa shape index (κ1) is 11.7. The van der Waals surface area contributed by atoms with E-state index in [1.807, 2.05) is 24.3 Å².